The number of fused-ring (bicyclic) bond motifs is 1. The number of β-lactam (4-membered cyclic amide) rings is 1. The Morgan fingerprint density at radius 2 is 1.62 bits per heavy atom. The maximum absolute atomic E-state index is 14.9. The summed E-state index contributed by atoms with van der Waals surface area (Å²) in [6, 6.07) is 11.9. The Balaban J connectivity index is 1.65. The van der Waals surface area contributed by atoms with Crippen molar-refractivity contribution in [3.05, 3.63) is 104 Å². The molecule has 0 bridgehead atoms. The van der Waals surface area contributed by atoms with Gasteiger partial charge in [-0.3, -0.25) is 34.3 Å². The fourth-order valence-corrected chi connectivity index (χ4v) is 4.74. The molecule has 0 unspecified atom stereocenters. The number of carbonyl (C=O) groups is 3. The number of carbonyl (C=O) groups excluding carboxylic acids is 3. The average molecular weight is 480 g/mol. The molecule has 2 aliphatic rings. The number of nitrogens with zero attached hydrogens (tertiary/aromatic N) is 3. The van der Waals surface area contributed by atoms with Gasteiger partial charge in [0.25, 0.3) is 23.4 Å². The summed E-state index contributed by atoms with van der Waals surface area (Å²) in [6.07, 6.45) is 0. The van der Waals surface area contributed by atoms with E-state index in [0.717, 1.165) is 6.07 Å². The molecule has 8 nitrogen and oxygen atoms in total. The van der Waals surface area contributed by atoms with Gasteiger partial charge in [0.15, 0.2) is 0 Å². The number of halogens is 2. The molecule has 1 saturated heterocycles. The van der Waals surface area contributed by atoms with Crippen LogP contribution in [0.25, 0.3) is 0 Å². The Morgan fingerprint density at radius 1 is 0.912 bits per heavy atom. The van der Waals surface area contributed by atoms with Gasteiger partial charge < -0.3 is 0 Å². The maximum atomic E-state index is 14.9. The minimum absolute atomic E-state index is 0.0949. The van der Waals surface area contributed by atoms with E-state index in [4.69, 9.17) is 11.6 Å². The molecule has 0 aromatic heterocycles. The molecule has 3 amide bonds. The topological polar surface area (TPSA) is 101 Å². The monoisotopic (exact) mass is 479 g/mol. The zero-order chi connectivity index (χ0) is 24.3. The number of anilines is 1. The van der Waals surface area contributed by atoms with Crippen molar-refractivity contribution in [3.63, 3.8) is 0 Å². The second-order valence-corrected chi connectivity index (χ2v) is 8.35. The van der Waals surface area contributed by atoms with Crippen LogP contribution in [0, 0.1) is 22.9 Å². The minimum atomic E-state index is -1.39. The highest BCUT2D eigenvalue weighted by Crippen LogP contribution is 2.47. The van der Waals surface area contributed by atoms with Gasteiger partial charge in [0.2, 0.25) is 0 Å². The largest absolute Gasteiger partial charge is 0.300 e. The van der Waals surface area contributed by atoms with Crippen LogP contribution in [-0.2, 0) is 4.79 Å². The average Bonchev–Trinajstić information content (AvgIpc) is 3.06. The van der Waals surface area contributed by atoms with E-state index in [2.05, 4.69) is 0 Å². The van der Waals surface area contributed by atoms with Crippen LogP contribution in [-0.4, -0.2) is 33.6 Å². The number of benzene rings is 3. The standard InChI is InChI=1S/C24H15ClFN3O5/c1-12-15(25)8-5-10-17(12)27-20(13-6-2-3-9-16(13)26)21(24(27)32)28-22(30)14-7-4-11-18(29(33)34)19(14)23(28)31/h2-11,20-21H,1H3/t20-,21+/m1/s1. The van der Waals surface area contributed by atoms with Gasteiger partial charge in [0.1, 0.15) is 17.4 Å². The summed E-state index contributed by atoms with van der Waals surface area (Å²) in [7, 11) is 0. The molecule has 0 N–H and O–H groups in total. The van der Waals surface area contributed by atoms with E-state index in [9.17, 15) is 28.9 Å². The first-order valence-electron chi connectivity index (χ1n) is 10.2. The van der Waals surface area contributed by atoms with E-state index in [1.165, 1.54) is 35.2 Å². The summed E-state index contributed by atoms with van der Waals surface area (Å²) in [5.74, 6) is -3.06. The predicted octanol–water partition coefficient (Wildman–Crippen LogP) is 4.45. The Bertz CT molecular complexity index is 1430. The highest BCUT2D eigenvalue weighted by molar-refractivity contribution is 6.32. The predicted molar refractivity (Wildman–Crippen MR) is 120 cm³/mol. The molecule has 3 aromatic rings. The fraction of sp³-hybridized carbons (Fsp3) is 0.125. The molecule has 0 radical (unpaired) electrons. The number of hydrogen-bond acceptors (Lipinski definition) is 5. The molecular formula is C24H15ClFN3O5. The summed E-state index contributed by atoms with van der Waals surface area (Å²) in [4.78, 5) is 52.6. The Morgan fingerprint density at radius 3 is 2.32 bits per heavy atom. The third kappa shape index (κ3) is 2.94. The number of nitro groups is 1. The Hall–Kier alpha value is -4.11. The zero-order valence-electron chi connectivity index (χ0n) is 17.6. The third-order valence-corrected chi connectivity index (χ3v) is 6.60. The molecule has 0 spiro atoms. The van der Waals surface area contributed by atoms with Crippen LogP contribution in [0.4, 0.5) is 15.8 Å². The van der Waals surface area contributed by atoms with Crippen molar-refractivity contribution in [2.24, 2.45) is 0 Å². The second kappa shape index (κ2) is 7.74. The highest BCUT2D eigenvalue weighted by Gasteiger charge is 2.59. The van der Waals surface area contributed by atoms with Gasteiger partial charge in [-0.15, -0.1) is 0 Å². The molecule has 2 atom stereocenters. The van der Waals surface area contributed by atoms with Gasteiger partial charge in [-0.25, -0.2) is 4.39 Å². The van der Waals surface area contributed by atoms with Crippen molar-refractivity contribution in [2.45, 2.75) is 19.0 Å². The van der Waals surface area contributed by atoms with Crippen LogP contribution in [0.1, 0.15) is 37.9 Å². The van der Waals surface area contributed by atoms with Crippen LogP contribution in [0.2, 0.25) is 5.02 Å². The van der Waals surface area contributed by atoms with Crippen molar-refractivity contribution >= 4 is 40.7 Å². The number of imide groups is 1. The first-order chi connectivity index (χ1) is 16.2. The van der Waals surface area contributed by atoms with E-state index >= 15 is 0 Å². The number of rotatable bonds is 4. The van der Waals surface area contributed by atoms with Crippen molar-refractivity contribution in [3.8, 4) is 0 Å². The normalized spacial score (nSPS) is 19.3. The lowest BCUT2D eigenvalue weighted by Gasteiger charge is -2.50. The number of amides is 3. The summed E-state index contributed by atoms with van der Waals surface area (Å²) < 4.78 is 14.9. The van der Waals surface area contributed by atoms with Gasteiger partial charge >= 0.3 is 0 Å². The fourth-order valence-electron chi connectivity index (χ4n) is 4.57. The smallest absolute Gasteiger partial charge is 0.282 e. The summed E-state index contributed by atoms with van der Waals surface area (Å²) in [5, 5.41) is 11.8. The molecule has 10 heteroatoms. The van der Waals surface area contributed by atoms with Crippen LogP contribution in [0.3, 0.4) is 0 Å². The molecule has 34 heavy (non-hydrogen) atoms. The van der Waals surface area contributed by atoms with Crippen molar-refractivity contribution in [1.82, 2.24) is 4.90 Å². The molecule has 2 aliphatic heterocycles. The molecule has 2 heterocycles. The van der Waals surface area contributed by atoms with Crippen LogP contribution < -0.4 is 4.90 Å². The molecule has 5 rings (SSSR count). The van der Waals surface area contributed by atoms with Gasteiger partial charge in [-0.1, -0.05) is 41.9 Å². The molecule has 0 aliphatic carbocycles. The van der Waals surface area contributed by atoms with E-state index in [0.29, 0.717) is 21.2 Å². The molecule has 0 saturated carbocycles. The Labute approximate surface area is 197 Å². The molecule has 3 aromatic carbocycles. The lowest BCUT2D eigenvalue weighted by molar-refractivity contribution is -0.385. The van der Waals surface area contributed by atoms with Crippen molar-refractivity contribution in [1.29, 1.82) is 0 Å². The second-order valence-electron chi connectivity index (χ2n) is 7.94. The number of nitro benzene ring substituents is 1. The highest BCUT2D eigenvalue weighted by atomic mass is 35.5. The first-order valence-corrected chi connectivity index (χ1v) is 10.6. The lowest BCUT2D eigenvalue weighted by atomic mass is 9.85. The Kier molecular flexibility index (Phi) is 4.94. The van der Waals surface area contributed by atoms with Crippen LogP contribution >= 0.6 is 11.6 Å². The van der Waals surface area contributed by atoms with E-state index in [1.807, 2.05) is 0 Å². The zero-order valence-corrected chi connectivity index (χ0v) is 18.3. The van der Waals surface area contributed by atoms with E-state index < -0.39 is 46.2 Å². The summed E-state index contributed by atoms with van der Waals surface area (Å²) in [6.45, 7) is 1.70. The van der Waals surface area contributed by atoms with Gasteiger partial charge in [-0.05, 0) is 36.8 Å². The summed E-state index contributed by atoms with van der Waals surface area (Å²) in [5.41, 5.74) is -0.0147. The minimum Gasteiger partial charge on any atom is -0.300 e. The quantitative estimate of drug-likeness (QED) is 0.238. The van der Waals surface area contributed by atoms with Gasteiger partial charge in [0, 0.05) is 22.3 Å². The molecule has 170 valence electrons. The maximum Gasteiger partial charge on any atom is 0.282 e. The third-order valence-electron chi connectivity index (χ3n) is 6.19. The van der Waals surface area contributed by atoms with E-state index in [1.54, 1.807) is 31.2 Å². The van der Waals surface area contributed by atoms with E-state index in [-0.39, 0.29) is 16.7 Å². The molecule has 1 fully saturated rings. The number of hydrogen-bond donors (Lipinski definition) is 0. The SMILES string of the molecule is Cc1c(Cl)cccc1N1C(=O)[C@@H](N2C(=O)c3cccc([N+](=O)[O-])c3C2=O)[C@H]1c1ccccc1F. The summed E-state index contributed by atoms with van der Waals surface area (Å²) >= 11 is 6.23. The first kappa shape index (κ1) is 21.7. The van der Waals surface area contributed by atoms with Crippen molar-refractivity contribution in [2.75, 3.05) is 4.90 Å². The lowest BCUT2D eigenvalue weighted by Crippen LogP contribution is -2.67. The van der Waals surface area contributed by atoms with Gasteiger partial charge in [-0.2, -0.15) is 0 Å². The molecular weight excluding hydrogens is 465 g/mol. The van der Waals surface area contributed by atoms with Gasteiger partial charge in [0.05, 0.1) is 16.5 Å². The van der Waals surface area contributed by atoms with Crippen LogP contribution in [0.15, 0.2) is 60.7 Å². The van der Waals surface area contributed by atoms with Crippen molar-refractivity contribution < 1.29 is 23.7 Å². The van der Waals surface area contributed by atoms with Crippen LogP contribution in [0.5, 0.6) is 0 Å².